The number of ketones is 1. The molecule has 3 rings (SSSR count). The van der Waals surface area contributed by atoms with Gasteiger partial charge < -0.3 is 4.74 Å². The molecule has 0 unspecified atom stereocenters. The molecule has 0 aliphatic heterocycles. The number of halogens is 2. The Kier molecular flexibility index (Phi) is 3.98. The van der Waals surface area contributed by atoms with E-state index in [1.165, 1.54) is 0 Å². The van der Waals surface area contributed by atoms with Crippen LogP contribution in [0.3, 0.4) is 0 Å². The topological polar surface area (TPSA) is 26.3 Å². The first-order valence-corrected chi connectivity index (χ1v) is 7.85. The van der Waals surface area contributed by atoms with Gasteiger partial charge in [0.05, 0.1) is 6.10 Å². The van der Waals surface area contributed by atoms with E-state index in [2.05, 4.69) is 22.6 Å². The second kappa shape index (κ2) is 5.74. The highest BCUT2D eigenvalue weighted by Crippen LogP contribution is 2.28. The van der Waals surface area contributed by atoms with Crippen molar-refractivity contribution in [3.8, 4) is 5.75 Å². The number of carbonyl (C=O) groups excluding carboxylic acids is 1. The molecule has 102 valence electrons. The minimum absolute atomic E-state index is 0.0295. The molecular formula is C16H12ClIO2. The molecule has 1 aliphatic rings. The SMILES string of the molecule is O=C(c1cccc(OC2CC2)c1)c1cc(Cl)ccc1I. The van der Waals surface area contributed by atoms with Crippen LogP contribution in [0, 0.1) is 3.57 Å². The van der Waals surface area contributed by atoms with Crippen LogP contribution in [0.2, 0.25) is 5.02 Å². The standard InChI is InChI=1S/C16H12ClIO2/c17-11-4-7-15(18)14(9-11)16(19)10-2-1-3-13(8-10)20-12-5-6-12/h1-4,7-9,12H,5-6H2. The third kappa shape index (κ3) is 3.15. The Hall–Kier alpha value is -1.07. The van der Waals surface area contributed by atoms with Gasteiger partial charge in [-0.15, -0.1) is 0 Å². The van der Waals surface area contributed by atoms with Crippen molar-refractivity contribution in [3.63, 3.8) is 0 Å². The molecule has 1 fully saturated rings. The molecule has 0 bridgehead atoms. The predicted octanol–water partition coefficient (Wildman–Crippen LogP) is 4.72. The van der Waals surface area contributed by atoms with Crippen molar-refractivity contribution in [2.75, 3.05) is 0 Å². The molecule has 20 heavy (non-hydrogen) atoms. The molecular weight excluding hydrogens is 387 g/mol. The van der Waals surface area contributed by atoms with E-state index in [0.29, 0.717) is 22.3 Å². The van der Waals surface area contributed by atoms with Crippen LogP contribution in [-0.2, 0) is 0 Å². The Morgan fingerprint density at radius 1 is 1.20 bits per heavy atom. The van der Waals surface area contributed by atoms with Gasteiger partial charge in [-0.25, -0.2) is 0 Å². The number of rotatable bonds is 4. The fourth-order valence-electron chi connectivity index (χ4n) is 1.92. The van der Waals surface area contributed by atoms with Gasteiger partial charge in [0.1, 0.15) is 5.75 Å². The van der Waals surface area contributed by atoms with Crippen molar-refractivity contribution < 1.29 is 9.53 Å². The summed E-state index contributed by atoms with van der Waals surface area (Å²) < 4.78 is 6.62. The molecule has 2 aromatic rings. The van der Waals surface area contributed by atoms with Crippen LogP contribution in [-0.4, -0.2) is 11.9 Å². The molecule has 2 nitrogen and oxygen atoms in total. The summed E-state index contributed by atoms with van der Waals surface area (Å²) in [7, 11) is 0. The molecule has 0 spiro atoms. The quantitative estimate of drug-likeness (QED) is 0.550. The molecule has 4 heteroatoms. The lowest BCUT2D eigenvalue weighted by molar-refractivity contribution is 0.103. The van der Waals surface area contributed by atoms with Crippen LogP contribution in [0.4, 0.5) is 0 Å². The maximum atomic E-state index is 12.6. The Morgan fingerprint density at radius 3 is 2.75 bits per heavy atom. The Balaban J connectivity index is 1.91. The highest BCUT2D eigenvalue weighted by molar-refractivity contribution is 14.1. The first kappa shape index (κ1) is 13.9. The van der Waals surface area contributed by atoms with Gasteiger partial charge in [0.15, 0.2) is 5.78 Å². The van der Waals surface area contributed by atoms with Gasteiger partial charge in [-0.2, -0.15) is 0 Å². The smallest absolute Gasteiger partial charge is 0.194 e. The summed E-state index contributed by atoms with van der Waals surface area (Å²) in [5, 5.41) is 0.569. The summed E-state index contributed by atoms with van der Waals surface area (Å²) in [5.41, 5.74) is 1.25. The largest absolute Gasteiger partial charge is 0.490 e. The summed E-state index contributed by atoms with van der Waals surface area (Å²) >= 11 is 8.12. The van der Waals surface area contributed by atoms with Crippen molar-refractivity contribution in [1.82, 2.24) is 0 Å². The lowest BCUT2D eigenvalue weighted by atomic mass is 10.0. The van der Waals surface area contributed by atoms with Crippen LogP contribution in [0.25, 0.3) is 0 Å². The summed E-state index contributed by atoms with van der Waals surface area (Å²) in [6.07, 6.45) is 2.53. The molecule has 2 aromatic carbocycles. The van der Waals surface area contributed by atoms with Crippen molar-refractivity contribution in [2.45, 2.75) is 18.9 Å². The molecule has 1 aliphatic carbocycles. The van der Waals surface area contributed by atoms with E-state index < -0.39 is 0 Å². The first-order chi connectivity index (χ1) is 9.63. The third-order valence-corrected chi connectivity index (χ3v) is 4.27. The first-order valence-electron chi connectivity index (χ1n) is 6.40. The van der Waals surface area contributed by atoms with Gasteiger partial charge in [-0.05, 0) is 65.8 Å². The van der Waals surface area contributed by atoms with Crippen LogP contribution >= 0.6 is 34.2 Å². The zero-order chi connectivity index (χ0) is 14.1. The lowest BCUT2D eigenvalue weighted by Gasteiger charge is -2.08. The van der Waals surface area contributed by atoms with Crippen molar-refractivity contribution in [2.24, 2.45) is 0 Å². The minimum atomic E-state index is -0.0295. The van der Waals surface area contributed by atoms with Crippen molar-refractivity contribution >= 4 is 40.0 Å². The third-order valence-electron chi connectivity index (χ3n) is 3.10. The highest BCUT2D eigenvalue weighted by Gasteiger charge is 2.23. The number of hydrogen-bond acceptors (Lipinski definition) is 2. The average Bonchev–Trinajstić information content (AvgIpc) is 3.25. The monoisotopic (exact) mass is 398 g/mol. The van der Waals surface area contributed by atoms with Gasteiger partial charge in [-0.1, -0.05) is 23.7 Å². The second-order valence-electron chi connectivity index (χ2n) is 4.80. The molecule has 0 aromatic heterocycles. The minimum Gasteiger partial charge on any atom is -0.490 e. The normalized spacial score (nSPS) is 14.1. The number of ether oxygens (including phenoxy) is 1. The van der Waals surface area contributed by atoms with E-state index in [4.69, 9.17) is 16.3 Å². The fraction of sp³-hybridized carbons (Fsp3) is 0.188. The molecule has 0 heterocycles. The fourth-order valence-corrected chi connectivity index (χ4v) is 2.67. The van der Waals surface area contributed by atoms with Crippen LogP contribution in [0.5, 0.6) is 5.75 Å². The van der Waals surface area contributed by atoms with E-state index in [1.807, 2.05) is 18.2 Å². The lowest BCUT2D eigenvalue weighted by Crippen LogP contribution is -2.05. The Labute approximate surface area is 136 Å². The van der Waals surface area contributed by atoms with Gasteiger partial charge in [0.2, 0.25) is 0 Å². The second-order valence-corrected chi connectivity index (χ2v) is 6.40. The van der Waals surface area contributed by atoms with E-state index in [1.54, 1.807) is 24.3 Å². The van der Waals surface area contributed by atoms with Crippen LogP contribution in [0.1, 0.15) is 28.8 Å². The molecule has 0 radical (unpaired) electrons. The van der Waals surface area contributed by atoms with Crippen molar-refractivity contribution in [1.29, 1.82) is 0 Å². The van der Waals surface area contributed by atoms with E-state index in [0.717, 1.165) is 22.2 Å². The number of hydrogen-bond donors (Lipinski definition) is 0. The van der Waals surface area contributed by atoms with Crippen LogP contribution < -0.4 is 4.74 Å². The Morgan fingerprint density at radius 2 is 2.00 bits per heavy atom. The molecule has 0 N–H and O–H groups in total. The van der Waals surface area contributed by atoms with E-state index >= 15 is 0 Å². The van der Waals surface area contributed by atoms with E-state index in [9.17, 15) is 4.79 Å². The van der Waals surface area contributed by atoms with Gasteiger partial charge in [0, 0.05) is 19.7 Å². The van der Waals surface area contributed by atoms with Crippen molar-refractivity contribution in [3.05, 3.63) is 62.2 Å². The molecule has 1 saturated carbocycles. The van der Waals surface area contributed by atoms with Gasteiger partial charge in [-0.3, -0.25) is 4.79 Å². The van der Waals surface area contributed by atoms with Crippen LogP contribution in [0.15, 0.2) is 42.5 Å². The Bertz CT molecular complexity index is 665. The summed E-state index contributed by atoms with van der Waals surface area (Å²) in [6.45, 7) is 0. The van der Waals surface area contributed by atoms with Gasteiger partial charge in [0.25, 0.3) is 0 Å². The molecule has 0 atom stereocenters. The van der Waals surface area contributed by atoms with Gasteiger partial charge >= 0.3 is 0 Å². The zero-order valence-electron chi connectivity index (χ0n) is 10.6. The summed E-state index contributed by atoms with van der Waals surface area (Å²) in [4.78, 5) is 12.6. The summed E-state index contributed by atoms with van der Waals surface area (Å²) in [5.74, 6) is 0.730. The highest BCUT2D eigenvalue weighted by atomic mass is 127. The van der Waals surface area contributed by atoms with E-state index in [-0.39, 0.29) is 5.78 Å². The number of carbonyl (C=O) groups is 1. The maximum absolute atomic E-state index is 12.6. The summed E-state index contributed by atoms with van der Waals surface area (Å²) in [6, 6.07) is 12.7. The molecule has 0 saturated heterocycles. The predicted molar refractivity (Wildman–Crippen MR) is 87.7 cm³/mol. The number of benzene rings is 2. The zero-order valence-corrected chi connectivity index (χ0v) is 13.5. The average molecular weight is 399 g/mol. The maximum Gasteiger partial charge on any atom is 0.194 e. The molecule has 0 amide bonds.